The van der Waals surface area contributed by atoms with Gasteiger partial charge in [-0.1, -0.05) is 19.1 Å². The number of nitrogens with two attached hydrogens (primary N) is 1. The van der Waals surface area contributed by atoms with E-state index in [1.54, 1.807) is 24.9 Å². The number of nitrogens with one attached hydrogen (secondary N) is 1. The van der Waals surface area contributed by atoms with E-state index in [1.165, 1.54) is 11.3 Å². The van der Waals surface area contributed by atoms with Crippen LogP contribution in [0.2, 0.25) is 0 Å². The van der Waals surface area contributed by atoms with E-state index in [1.807, 2.05) is 30.3 Å². The van der Waals surface area contributed by atoms with Crippen LogP contribution in [-0.2, 0) is 9.53 Å². The lowest BCUT2D eigenvalue weighted by Gasteiger charge is -2.07. The highest BCUT2D eigenvalue weighted by molar-refractivity contribution is 7.99. The van der Waals surface area contributed by atoms with E-state index < -0.39 is 24.4 Å². The van der Waals surface area contributed by atoms with Crippen molar-refractivity contribution >= 4 is 34.8 Å². The largest absolute Gasteiger partial charge is 0.463 e. The molecule has 0 saturated carbocycles. The number of carbonyl (C=O) groups excluding carboxylic acids is 1. The van der Waals surface area contributed by atoms with E-state index in [-0.39, 0.29) is 12.3 Å². The number of nitrogens with zero attached hydrogens (tertiary/aromatic N) is 1. The van der Waals surface area contributed by atoms with Gasteiger partial charge in [-0.15, -0.1) is 23.1 Å². The van der Waals surface area contributed by atoms with E-state index in [2.05, 4.69) is 17.2 Å². The summed E-state index contributed by atoms with van der Waals surface area (Å²) in [5.41, 5.74) is 4.85. The van der Waals surface area contributed by atoms with Crippen LogP contribution >= 0.6 is 23.1 Å². The first-order chi connectivity index (χ1) is 14.7. The molecular weight excluding hydrogens is 447 g/mol. The van der Waals surface area contributed by atoms with Crippen LogP contribution in [0.15, 0.2) is 58.1 Å². The van der Waals surface area contributed by atoms with Crippen LogP contribution in [0, 0.1) is 0 Å². The molecule has 1 aromatic heterocycles. The van der Waals surface area contributed by atoms with Gasteiger partial charge in [0, 0.05) is 16.3 Å². The molecule has 0 amide bonds. The minimum absolute atomic E-state index is 0.0178. The van der Waals surface area contributed by atoms with Gasteiger partial charge in [-0.3, -0.25) is 9.79 Å². The van der Waals surface area contributed by atoms with Gasteiger partial charge in [0.05, 0.1) is 10.6 Å². The van der Waals surface area contributed by atoms with Crippen LogP contribution in [0.1, 0.15) is 11.8 Å². The highest BCUT2D eigenvalue weighted by atomic mass is 32.2. The number of hydrogen-bond acceptors (Lipinski definition) is 7. The number of ether oxygens (including phenoxy) is 1. The van der Waals surface area contributed by atoms with Crippen molar-refractivity contribution in [2.24, 2.45) is 10.7 Å². The maximum atomic E-state index is 13.0. The monoisotopic (exact) mass is 471 g/mol. The number of hydrogen-bond donors (Lipinski definition) is 2. The summed E-state index contributed by atoms with van der Waals surface area (Å²) in [5.74, 6) is 0.301. The number of halogens is 3. The van der Waals surface area contributed by atoms with Gasteiger partial charge >= 0.3 is 12.1 Å². The number of rotatable bonds is 10. The number of allylic oxidation sites excluding steroid dienone is 2. The van der Waals surface area contributed by atoms with Crippen LogP contribution < -0.4 is 11.1 Å². The number of thioether (sulfide) groups is 1. The van der Waals surface area contributed by atoms with Crippen molar-refractivity contribution in [1.29, 1.82) is 0 Å². The van der Waals surface area contributed by atoms with E-state index in [4.69, 9.17) is 10.5 Å². The van der Waals surface area contributed by atoms with Crippen molar-refractivity contribution in [1.82, 2.24) is 5.32 Å². The third-order valence-corrected chi connectivity index (χ3v) is 5.93. The quantitative estimate of drug-likeness (QED) is 0.231. The minimum atomic E-state index is -4.69. The van der Waals surface area contributed by atoms with Gasteiger partial charge in [-0.2, -0.15) is 13.2 Å². The Morgan fingerprint density at radius 1 is 1.32 bits per heavy atom. The maximum Gasteiger partial charge on any atom is 0.430 e. The highest BCUT2D eigenvalue weighted by Crippen LogP contribution is 2.32. The first kappa shape index (κ1) is 25.0. The van der Waals surface area contributed by atoms with Crippen molar-refractivity contribution in [3.8, 4) is 10.4 Å². The second kappa shape index (κ2) is 11.9. The standard InChI is InChI=1S/C21H24F3N3O2S2/c1-3-30-15-6-4-5-14(11-15)17-7-8-18(31-17)16(12-19(25)21(22,23)24)27-13-20(28)29-10-9-26-2/h4-8,11-12,26H,3,9-10,13,25H2,1-2H3/b19-12-,27-16?. The van der Waals surface area contributed by atoms with Crippen molar-refractivity contribution in [2.45, 2.75) is 18.0 Å². The number of thiophene rings is 1. The van der Waals surface area contributed by atoms with Crippen molar-refractivity contribution in [3.05, 3.63) is 53.0 Å². The van der Waals surface area contributed by atoms with Crippen molar-refractivity contribution < 1.29 is 22.7 Å². The summed E-state index contributed by atoms with van der Waals surface area (Å²) in [6.07, 6.45) is -3.94. The summed E-state index contributed by atoms with van der Waals surface area (Å²) in [6.45, 7) is 2.27. The summed E-state index contributed by atoms with van der Waals surface area (Å²) < 4.78 is 43.9. The van der Waals surface area contributed by atoms with Crippen LogP contribution in [0.25, 0.3) is 10.4 Å². The Hall–Kier alpha value is -2.30. The third kappa shape index (κ3) is 8.04. The van der Waals surface area contributed by atoms with E-state index in [0.717, 1.165) is 27.2 Å². The molecule has 2 aromatic rings. The van der Waals surface area contributed by atoms with Gasteiger partial charge in [0.25, 0.3) is 0 Å². The topological polar surface area (TPSA) is 76.7 Å². The summed E-state index contributed by atoms with van der Waals surface area (Å²) in [5, 5.41) is 2.82. The predicted octanol–water partition coefficient (Wildman–Crippen LogP) is 4.48. The number of alkyl halides is 3. The first-order valence-corrected chi connectivity index (χ1v) is 11.3. The average Bonchev–Trinajstić information content (AvgIpc) is 3.21. The Labute approximate surface area is 187 Å². The number of esters is 1. The van der Waals surface area contributed by atoms with Gasteiger partial charge in [0.1, 0.15) is 18.8 Å². The molecule has 0 aliphatic rings. The molecule has 1 heterocycles. The zero-order valence-electron chi connectivity index (χ0n) is 17.2. The SMILES string of the molecule is CCSc1cccc(-c2ccc(C(/C=C(\N)C(F)(F)F)=NCC(=O)OCCNC)s2)c1. The summed E-state index contributed by atoms with van der Waals surface area (Å²) in [6, 6.07) is 11.4. The maximum absolute atomic E-state index is 13.0. The lowest BCUT2D eigenvalue weighted by atomic mass is 10.2. The predicted molar refractivity (Wildman–Crippen MR) is 121 cm³/mol. The fourth-order valence-corrected chi connectivity index (χ4v) is 4.12. The smallest absolute Gasteiger partial charge is 0.430 e. The van der Waals surface area contributed by atoms with E-state index in [9.17, 15) is 18.0 Å². The number of likely N-dealkylation sites (N-methyl/N-ethyl adjacent to an activating group) is 1. The number of carbonyl (C=O) groups is 1. The Bertz CT molecular complexity index is 940. The van der Waals surface area contributed by atoms with E-state index >= 15 is 0 Å². The van der Waals surface area contributed by atoms with Crippen molar-refractivity contribution in [3.63, 3.8) is 0 Å². The average molecular weight is 472 g/mol. The second-order valence-electron chi connectivity index (χ2n) is 6.25. The molecule has 0 atom stereocenters. The molecule has 0 fully saturated rings. The number of benzene rings is 1. The van der Waals surface area contributed by atoms with Gasteiger partial charge in [0.2, 0.25) is 0 Å². The van der Waals surface area contributed by atoms with Crippen LogP contribution in [0.5, 0.6) is 0 Å². The fourth-order valence-electron chi connectivity index (χ4n) is 2.42. The zero-order valence-corrected chi connectivity index (χ0v) is 18.8. The molecule has 0 unspecified atom stereocenters. The van der Waals surface area contributed by atoms with Crippen molar-refractivity contribution in [2.75, 3.05) is 32.5 Å². The fraction of sp³-hybridized carbons (Fsp3) is 0.333. The molecule has 31 heavy (non-hydrogen) atoms. The Morgan fingerprint density at radius 2 is 2.10 bits per heavy atom. The van der Waals surface area contributed by atoms with Crippen LogP contribution in [0.3, 0.4) is 0 Å². The molecule has 0 aliphatic heterocycles. The molecule has 2 rings (SSSR count). The summed E-state index contributed by atoms with van der Waals surface area (Å²) in [4.78, 5) is 18.3. The molecule has 0 radical (unpaired) electrons. The zero-order chi connectivity index (χ0) is 22.9. The minimum Gasteiger partial charge on any atom is -0.463 e. The summed E-state index contributed by atoms with van der Waals surface area (Å²) >= 11 is 2.98. The molecule has 10 heteroatoms. The Morgan fingerprint density at radius 3 is 2.77 bits per heavy atom. The first-order valence-electron chi connectivity index (χ1n) is 9.47. The molecule has 0 aliphatic carbocycles. The number of aliphatic imine (C=N–C) groups is 1. The molecule has 3 N–H and O–H groups in total. The normalized spacial score (nSPS) is 12.8. The highest BCUT2D eigenvalue weighted by Gasteiger charge is 2.32. The molecule has 5 nitrogen and oxygen atoms in total. The molecular formula is C21H24F3N3O2S2. The summed E-state index contributed by atoms with van der Waals surface area (Å²) in [7, 11) is 1.71. The lowest BCUT2D eigenvalue weighted by Crippen LogP contribution is -2.21. The van der Waals surface area contributed by atoms with Gasteiger partial charge in [-0.25, -0.2) is 0 Å². The van der Waals surface area contributed by atoms with Gasteiger partial charge < -0.3 is 15.8 Å². The lowest BCUT2D eigenvalue weighted by molar-refractivity contribution is -0.141. The van der Waals surface area contributed by atoms with Gasteiger partial charge in [0.15, 0.2) is 0 Å². The second-order valence-corrected chi connectivity index (χ2v) is 8.67. The Kier molecular flexibility index (Phi) is 9.60. The van der Waals surface area contributed by atoms with Crippen LogP contribution in [-0.4, -0.2) is 50.4 Å². The third-order valence-electron chi connectivity index (χ3n) is 3.90. The molecule has 168 valence electrons. The van der Waals surface area contributed by atoms with Gasteiger partial charge in [-0.05, 0) is 48.7 Å². The molecule has 0 spiro atoms. The molecule has 0 bridgehead atoms. The Balaban J connectivity index is 2.31. The van der Waals surface area contributed by atoms with Crippen LogP contribution in [0.4, 0.5) is 13.2 Å². The van der Waals surface area contributed by atoms with E-state index in [0.29, 0.717) is 11.4 Å². The molecule has 1 aromatic carbocycles. The molecule has 0 saturated heterocycles.